The third-order valence-electron chi connectivity index (χ3n) is 3.48. The summed E-state index contributed by atoms with van der Waals surface area (Å²) in [5.41, 5.74) is 3.68. The number of thioether (sulfide) groups is 1. The average Bonchev–Trinajstić information content (AvgIpc) is 2.98. The van der Waals surface area contributed by atoms with Crippen LogP contribution in [-0.4, -0.2) is 22.7 Å². The Morgan fingerprint density at radius 1 is 1.16 bits per heavy atom. The average molecular weight is 371 g/mol. The van der Waals surface area contributed by atoms with Gasteiger partial charge in [-0.3, -0.25) is 10.1 Å². The molecule has 0 spiro atoms. The maximum Gasteiger partial charge on any atom is 0.325 e. The molecule has 0 unspecified atom stereocenters. The molecule has 0 radical (unpaired) electrons. The van der Waals surface area contributed by atoms with E-state index in [0.717, 1.165) is 25.7 Å². The second kappa shape index (κ2) is 7.67. The van der Waals surface area contributed by atoms with E-state index in [4.69, 9.17) is 0 Å². The highest BCUT2D eigenvalue weighted by Gasteiger charge is 2.11. The Kier molecular flexibility index (Phi) is 5.35. The van der Waals surface area contributed by atoms with Crippen molar-refractivity contribution in [1.29, 1.82) is 0 Å². The van der Waals surface area contributed by atoms with Gasteiger partial charge in [-0.05, 0) is 37.6 Å². The molecule has 0 fully saturated rings. The molecule has 0 aliphatic heterocycles. The number of aromatic nitrogens is 1. The number of benzene rings is 2. The topological polar surface area (TPSA) is 71.1 Å². The number of imide groups is 1. The van der Waals surface area contributed by atoms with Gasteiger partial charge in [-0.1, -0.05) is 41.6 Å². The number of nitrogens with one attached hydrogen (secondary N) is 2. The van der Waals surface area contributed by atoms with Gasteiger partial charge in [0.05, 0.1) is 16.0 Å². The fourth-order valence-electron chi connectivity index (χ4n) is 2.31. The highest BCUT2D eigenvalue weighted by molar-refractivity contribution is 8.01. The zero-order valence-electron chi connectivity index (χ0n) is 13.8. The molecule has 0 saturated carbocycles. The molecule has 3 rings (SSSR count). The molecule has 1 heterocycles. The predicted molar refractivity (Wildman–Crippen MR) is 103 cm³/mol. The molecule has 25 heavy (non-hydrogen) atoms. The van der Waals surface area contributed by atoms with Crippen LogP contribution in [0.5, 0.6) is 0 Å². The van der Waals surface area contributed by atoms with E-state index in [9.17, 15) is 9.59 Å². The Morgan fingerprint density at radius 2 is 1.96 bits per heavy atom. The first-order valence-corrected chi connectivity index (χ1v) is 9.48. The lowest BCUT2D eigenvalue weighted by Crippen LogP contribution is -2.35. The van der Waals surface area contributed by atoms with Crippen molar-refractivity contribution in [3.8, 4) is 0 Å². The molecule has 5 nitrogen and oxygen atoms in total. The van der Waals surface area contributed by atoms with Gasteiger partial charge in [0.25, 0.3) is 0 Å². The van der Waals surface area contributed by atoms with Crippen LogP contribution in [-0.2, 0) is 4.79 Å². The number of rotatable bonds is 4. The molecule has 0 aliphatic rings. The van der Waals surface area contributed by atoms with Crippen LogP contribution in [0, 0.1) is 13.8 Å². The molecule has 0 bridgehead atoms. The molecule has 3 aromatic rings. The third-order valence-corrected chi connectivity index (χ3v) is 5.66. The van der Waals surface area contributed by atoms with Gasteiger partial charge in [0.2, 0.25) is 5.91 Å². The maximum atomic E-state index is 12.0. The van der Waals surface area contributed by atoms with Crippen molar-refractivity contribution < 1.29 is 9.59 Å². The SMILES string of the molecule is Cc1ccc(NC(=O)NC(=O)CSc2nc3ccccc3s2)c(C)c1. The van der Waals surface area contributed by atoms with E-state index < -0.39 is 6.03 Å². The lowest BCUT2D eigenvalue weighted by molar-refractivity contribution is -0.117. The number of nitrogens with zero attached hydrogens (tertiary/aromatic N) is 1. The minimum atomic E-state index is -0.526. The first-order chi connectivity index (χ1) is 12.0. The number of urea groups is 1. The predicted octanol–water partition coefficient (Wildman–Crippen LogP) is 4.35. The van der Waals surface area contributed by atoms with Crippen molar-refractivity contribution >= 4 is 50.9 Å². The fourth-order valence-corrected chi connectivity index (χ4v) is 4.18. The van der Waals surface area contributed by atoms with Crippen molar-refractivity contribution in [2.24, 2.45) is 0 Å². The fraction of sp³-hybridized carbons (Fsp3) is 0.167. The van der Waals surface area contributed by atoms with Crippen LogP contribution >= 0.6 is 23.1 Å². The van der Waals surface area contributed by atoms with E-state index in [-0.39, 0.29) is 11.7 Å². The molecule has 7 heteroatoms. The van der Waals surface area contributed by atoms with Crippen molar-refractivity contribution in [2.75, 3.05) is 11.1 Å². The van der Waals surface area contributed by atoms with Gasteiger partial charge in [0.15, 0.2) is 4.34 Å². The molecule has 1 aromatic heterocycles. The molecule has 2 N–H and O–H groups in total. The zero-order valence-corrected chi connectivity index (χ0v) is 15.5. The number of fused-ring (bicyclic) bond motifs is 1. The van der Waals surface area contributed by atoms with Gasteiger partial charge in [0, 0.05) is 5.69 Å². The summed E-state index contributed by atoms with van der Waals surface area (Å²) in [5.74, 6) is -0.216. The van der Waals surface area contributed by atoms with E-state index in [1.807, 2.05) is 56.3 Å². The summed E-state index contributed by atoms with van der Waals surface area (Å²) in [5, 5.41) is 5.04. The number of para-hydroxylation sites is 1. The van der Waals surface area contributed by atoms with Crippen LogP contribution in [0.2, 0.25) is 0 Å². The first kappa shape index (κ1) is 17.4. The highest BCUT2D eigenvalue weighted by atomic mass is 32.2. The van der Waals surface area contributed by atoms with Crippen LogP contribution in [0.15, 0.2) is 46.8 Å². The molecule has 128 valence electrons. The van der Waals surface area contributed by atoms with Gasteiger partial charge in [-0.15, -0.1) is 11.3 Å². The van der Waals surface area contributed by atoms with E-state index in [2.05, 4.69) is 15.6 Å². The monoisotopic (exact) mass is 371 g/mol. The Morgan fingerprint density at radius 3 is 2.72 bits per heavy atom. The van der Waals surface area contributed by atoms with Crippen molar-refractivity contribution in [3.05, 3.63) is 53.6 Å². The largest absolute Gasteiger partial charge is 0.325 e. The van der Waals surface area contributed by atoms with Crippen molar-refractivity contribution in [2.45, 2.75) is 18.2 Å². The molecular formula is C18H17N3O2S2. The summed E-state index contributed by atoms with van der Waals surface area (Å²) in [6.07, 6.45) is 0. The summed E-state index contributed by atoms with van der Waals surface area (Å²) >= 11 is 2.86. The van der Waals surface area contributed by atoms with Crippen LogP contribution in [0.4, 0.5) is 10.5 Å². The molecule has 3 amide bonds. The summed E-state index contributed by atoms with van der Waals surface area (Å²) in [6.45, 7) is 3.90. The number of thiazole rings is 1. The number of hydrogen-bond donors (Lipinski definition) is 2. The lowest BCUT2D eigenvalue weighted by atomic mass is 10.1. The number of carbonyl (C=O) groups is 2. The summed E-state index contributed by atoms with van der Waals surface area (Å²) in [6, 6.07) is 13.0. The smallest absolute Gasteiger partial charge is 0.307 e. The second-order valence-electron chi connectivity index (χ2n) is 5.56. The third kappa shape index (κ3) is 4.58. The summed E-state index contributed by atoms with van der Waals surface area (Å²) < 4.78 is 1.89. The number of hydrogen-bond acceptors (Lipinski definition) is 5. The summed E-state index contributed by atoms with van der Waals surface area (Å²) in [4.78, 5) is 28.4. The Balaban J connectivity index is 1.52. The zero-order chi connectivity index (χ0) is 17.8. The van der Waals surface area contributed by atoms with Gasteiger partial charge in [0.1, 0.15) is 0 Å². The molecule has 0 saturated heterocycles. The van der Waals surface area contributed by atoms with Gasteiger partial charge in [-0.25, -0.2) is 9.78 Å². The Bertz CT molecular complexity index is 904. The van der Waals surface area contributed by atoms with Gasteiger partial charge < -0.3 is 5.32 Å². The van der Waals surface area contributed by atoms with E-state index in [1.165, 1.54) is 23.1 Å². The number of aryl methyl sites for hydroxylation is 2. The normalized spacial score (nSPS) is 10.6. The van der Waals surface area contributed by atoms with Crippen LogP contribution in [0.3, 0.4) is 0 Å². The summed E-state index contributed by atoms with van der Waals surface area (Å²) in [7, 11) is 0. The number of amides is 3. The lowest BCUT2D eigenvalue weighted by Gasteiger charge is -2.09. The second-order valence-corrected chi connectivity index (χ2v) is 7.81. The molecule has 2 aromatic carbocycles. The first-order valence-electron chi connectivity index (χ1n) is 7.68. The molecular weight excluding hydrogens is 354 g/mol. The number of anilines is 1. The van der Waals surface area contributed by atoms with E-state index in [1.54, 1.807) is 0 Å². The van der Waals surface area contributed by atoms with Crippen LogP contribution < -0.4 is 10.6 Å². The van der Waals surface area contributed by atoms with E-state index >= 15 is 0 Å². The van der Waals surface area contributed by atoms with Crippen LogP contribution in [0.1, 0.15) is 11.1 Å². The Hall–Kier alpha value is -2.38. The van der Waals surface area contributed by atoms with Crippen molar-refractivity contribution in [3.63, 3.8) is 0 Å². The Labute approximate surface area is 153 Å². The van der Waals surface area contributed by atoms with Gasteiger partial charge in [-0.2, -0.15) is 0 Å². The quantitative estimate of drug-likeness (QED) is 0.669. The maximum absolute atomic E-state index is 12.0. The molecule has 0 aliphatic carbocycles. The highest BCUT2D eigenvalue weighted by Crippen LogP contribution is 2.29. The van der Waals surface area contributed by atoms with E-state index in [0.29, 0.717) is 5.69 Å². The standard InChI is InChI=1S/C18H17N3O2S2/c1-11-7-8-13(12(2)9-11)19-17(23)21-16(22)10-24-18-20-14-5-3-4-6-15(14)25-18/h3-9H,10H2,1-2H3,(H2,19,21,22,23). The minimum absolute atomic E-state index is 0.139. The number of carbonyl (C=O) groups excluding carboxylic acids is 2. The minimum Gasteiger partial charge on any atom is -0.307 e. The van der Waals surface area contributed by atoms with Crippen LogP contribution in [0.25, 0.3) is 10.2 Å². The molecule has 0 atom stereocenters. The van der Waals surface area contributed by atoms with Gasteiger partial charge >= 0.3 is 6.03 Å². The van der Waals surface area contributed by atoms with Crippen molar-refractivity contribution in [1.82, 2.24) is 10.3 Å².